The third-order valence-electron chi connectivity index (χ3n) is 1.82. The van der Waals surface area contributed by atoms with Gasteiger partial charge < -0.3 is 22.3 Å². The topological polar surface area (TPSA) is 98.3 Å². The van der Waals surface area contributed by atoms with Crippen molar-refractivity contribution in [1.29, 1.82) is 0 Å². The van der Waals surface area contributed by atoms with Gasteiger partial charge in [0, 0.05) is 22.6 Å². The molecule has 0 amide bonds. The van der Waals surface area contributed by atoms with Crippen LogP contribution < -0.4 is 17.2 Å². The molecule has 7 N–H and O–H groups in total. The molecule has 0 aromatic heterocycles. The van der Waals surface area contributed by atoms with E-state index in [2.05, 4.69) is 15.9 Å². The number of hydrogen-bond acceptors (Lipinski definition) is 4. The number of phenols is 1. The fourth-order valence-corrected chi connectivity index (χ4v) is 1.68. The minimum absolute atomic E-state index is 0. The zero-order valence-corrected chi connectivity index (χ0v) is 9.81. The van der Waals surface area contributed by atoms with Crippen LogP contribution in [-0.4, -0.2) is 11.7 Å². The first kappa shape index (κ1) is 13.5. The third kappa shape index (κ3) is 2.51. The number of anilines is 1. The normalized spacial score (nSPS) is 11.9. The zero-order chi connectivity index (χ0) is 10.0. The Morgan fingerprint density at radius 3 is 2.50 bits per heavy atom. The van der Waals surface area contributed by atoms with Crippen molar-refractivity contribution in [3.8, 4) is 5.75 Å². The van der Waals surface area contributed by atoms with Crippen molar-refractivity contribution in [3.63, 3.8) is 0 Å². The van der Waals surface area contributed by atoms with E-state index >= 15 is 0 Å². The van der Waals surface area contributed by atoms with Crippen LogP contribution in [0.5, 0.6) is 5.75 Å². The minimum Gasteiger partial charge on any atom is -0.505 e. The lowest BCUT2D eigenvalue weighted by Gasteiger charge is -2.14. The highest BCUT2D eigenvalue weighted by atomic mass is 79.9. The highest BCUT2D eigenvalue weighted by Gasteiger charge is 2.15. The average Bonchev–Trinajstić information content (AvgIpc) is 2.12. The van der Waals surface area contributed by atoms with Crippen LogP contribution >= 0.6 is 28.3 Å². The first-order chi connectivity index (χ1) is 6.07. The Morgan fingerprint density at radius 2 is 2.00 bits per heavy atom. The highest BCUT2D eigenvalue weighted by molar-refractivity contribution is 9.10. The lowest BCUT2D eigenvalue weighted by Crippen LogP contribution is -2.21. The maximum atomic E-state index is 9.59. The van der Waals surface area contributed by atoms with Gasteiger partial charge in [-0.25, -0.2) is 0 Å². The van der Waals surface area contributed by atoms with Gasteiger partial charge in [0.2, 0.25) is 0 Å². The van der Waals surface area contributed by atoms with Crippen LogP contribution in [0.1, 0.15) is 11.6 Å². The van der Waals surface area contributed by atoms with Gasteiger partial charge in [0.1, 0.15) is 5.75 Å². The van der Waals surface area contributed by atoms with E-state index in [9.17, 15) is 5.11 Å². The summed E-state index contributed by atoms with van der Waals surface area (Å²) in [5.74, 6) is 0.00678. The molecule has 0 bridgehead atoms. The van der Waals surface area contributed by atoms with E-state index in [1.165, 1.54) is 0 Å². The van der Waals surface area contributed by atoms with Crippen molar-refractivity contribution in [2.24, 2.45) is 11.5 Å². The van der Waals surface area contributed by atoms with Crippen molar-refractivity contribution in [3.05, 3.63) is 22.2 Å². The van der Waals surface area contributed by atoms with Crippen LogP contribution in [0.25, 0.3) is 0 Å². The average molecular weight is 283 g/mol. The highest BCUT2D eigenvalue weighted by Crippen LogP contribution is 2.34. The van der Waals surface area contributed by atoms with Gasteiger partial charge in [-0.1, -0.05) is 15.9 Å². The summed E-state index contributed by atoms with van der Waals surface area (Å²) in [4.78, 5) is 0. The minimum atomic E-state index is -0.405. The van der Waals surface area contributed by atoms with Gasteiger partial charge in [-0.05, 0) is 12.1 Å². The second kappa shape index (κ2) is 5.41. The number of hydrogen-bond donors (Lipinski definition) is 4. The molecule has 0 fully saturated rings. The van der Waals surface area contributed by atoms with Crippen LogP contribution in [0.4, 0.5) is 5.69 Å². The quantitative estimate of drug-likeness (QED) is 0.482. The standard InChI is InChI=1S/C8H12BrN3O.ClH/c9-4-1-2-5(11)8(13)7(4)6(12)3-10;/h1-2,6,13H,3,10-12H2;1H/t6-;/m0./s1. The maximum Gasteiger partial charge on any atom is 0.144 e. The summed E-state index contributed by atoms with van der Waals surface area (Å²) >= 11 is 3.27. The lowest BCUT2D eigenvalue weighted by molar-refractivity contribution is 0.464. The smallest absolute Gasteiger partial charge is 0.144 e. The number of aromatic hydroxyl groups is 1. The van der Waals surface area contributed by atoms with Crippen LogP contribution in [0, 0.1) is 0 Å². The van der Waals surface area contributed by atoms with E-state index in [0.29, 0.717) is 11.3 Å². The Kier molecular flexibility index (Phi) is 5.22. The van der Waals surface area contributed by atoms with Gasteiger partial charge in [-0.15, -0.1) is 12.4 Å². The van der Waals surface area contributed by atoms with Crippen molar-refractivity contribution in [1.82, 2.24) is 0 Å². The van der Waals surface area contributed by atoms with E-state index in [0.717, 1.165) is 4.47 Å². The predicted molar refractivity (Wildman–Crippen MR) is 63.5 cm³/mol. The molecule has 0 saturated carbocycles. The summed E-state index contributed by atoms with van der Waals surface area (Å²) < 4.78 is 0.720. The van der Waals surface area contributed by atoms with Crippen molar-refractivity contribution in [2.75, 3.05) is 12.3 Å². The molecule has 6 heteroatoms. The molecular formula is C8H13BrClN3O. The Balaban J connectivity index is 0.00000169. The van der Waals surface area contributed by atoms with Gasteiger partial charge in [0.15, 0.2) is 0 Å². The molecule has 1 aromatic rings. The summed E-state index contributed by atoms with van der Waals surface area (Å²) in [6, 6.07) is 2.93. The molecule has 1 rings (SSSR count). The first-order valence-electron chi connectivity index (χ1n) is 3.80. The molecule has 0 spiro atoms. The van der Waals surface area contributed by atoms with Crippen LogP contribution in [0.3, 0.4) is 0 Å². The van der Waals surface area contributed by atoms with Crippen molar-refractivity contribution >= 4 is 34.0 Å². The van der Waals surface area contributed by atoms with Crippen molar-refractivity contribution in [2.45, 2.75) is 6.04 Å². The number of phenolic OH excluding ortho intramolecular Hbond substituents is 1. The Bertz CT molecular complexity index is 322. The monoisotopic (exact) mass is 281 g/mol. The molecule has 0 aliphatic carbocycles. The van der Waals surface area contributed by atoms with E-state index in [1.807, 2.05) is 0 Å². The first-order valence-corrected chi connectivity index (χ1v) is 4.59. The van der Waals surface area contributed by atoms with Crippen LogP contribution in [0.15, 0.2) is 16.6 Å². The van der Waals surface area contributed by atoms with Gasteiger partial charge in [0.25, 0.3) is 0 Å². The molecular weight excluding hydrogens is 269 g/mol. The molecule has 1 atom stereocenters. The van der Waals surface area contributed by atoms with Crippen molar-refractivity contribution < 1.29 is 5.11 Å². The molecule has 80 valence electrons. The molecule has 0 heterocycles. The summed E-state index contributed by atoms with van der Waals surface area (Å²) in [5.41, 5.74) is 17.5. The Hall–Kier alpha value is -0.490. The van der Waals surface area contributed by atoms with E-state index in [1.54, 1.807) is 12.1 Å². The number of halogens is 2. The van der Waals surface area contributed by atoms with Gasteiger partial charge in [-0.3, -0.25) is 0 Å². The summed E-state index contributed by atoms with van der Waals surface area (Å²) in [6.45, 7) is 0.260. The fourth-order valence-electron chi connectivity index (χ4n) is 1.07. The van der Waals surface area contributed by atoms with E-state index < -0.39 is 6.04 Å². The van der Waals surface area contributed by atoms with Crippen LogP contribution in [-0.2, 0) is 0 Å². The van der Waals surface area contributed by atoms with E-state index in [-0.39, 0.29) is 24.7 Å². The second-order valence-electron chi connectivity index (χ2n) is 2.74. The van der Waals surface area contributed by atoms with E-state index in [4.69, 9.17) is 17.2 Å². The SMILES string of the molecule is Cl.NC[C@H](N)c1c(Br)ccc(N)c1O. The van der Waals surface area contributed by atoms with Gasteiger partial charge in [0.05, 0.1) is 5.69 Å². The maximum absolute atomic E-state index is 9.59. The fraction of sp³-hybridized carbons (Fsp3) is 0.250. The number of rotatable bonds is 2. The molecule has 14 heavy (non-hydrogen) atoms. The number of benzene rings is 1. The summed E-state index contributed by atoms with van der Waals surface area (Å²) in [7, 11) is 0. The molecule has 0 radical (unpaired) electrons. The lowest BCUT2D eigenvalue weighted by atomic mass is 10.1. The molecule has 0 unspecified atom stereocenters. The largest absolute Gasteiger partial charge is 0.505 e. The summed E-state index contributed by atoms with van der Waals surface area (Å²) in [5, 5.41) is 9.59. The van der Waals surface area contributed by atoms with Crippen LogP contribution in [0.2, 0.25) is 0 Å². The number of nitrogen functional groups attached to an aromatic ring is 1. The molecule has 1 aromatic carbocycles. The molecule has 0 aliphatic heterocycles. The van der Waals surface area contributed by atoms with Gasteiger partial charge >= 0.3 is 0 Å². The number of nitrogens with two attached hydrogens (primary N) is 3. The summed E-state index contributed by atoms with van der Waals surface area (Å²) in [6.07, 6.45) is 0. The second-order valence-corrected chi connectivity index (χ2v) is 3.60. The molecule has 0 saturated heterocycles. The third-order valence-corrected chi connectivity index (χ3v) is 2.51. The zero-order valence-electron chi connectivity index (χ0n) is 7.40. The molecule has 4 nitrogen and oxygen atoms in total. The predicted octanol–water partition coefficient (Wildman–Crippen LogP) is 1.12. The Labute approximate surface area is 97.0 Å². The molecule has 0 aliphatic rings. The Morgan fingerprint density at radius 1 is 1.43 bits per heavy atom. The van der Waals surface area contributed by atoms with Gasteiger partial charge in [-0.2, -0.15) is 0 Å².